The van der Waals surface area contributed by atoms with Gasteiger partial charge in [0, 0.05) is 56.6 Å². The van der Waals surface area contributed by atoms with Gasteiger partial charge in [0.1, 0.15) is 12.0 Å². The Bertz CT molecular complexity index is 4190. The van der Waals surface area contributed by atoms with E-state index in [1.807, 2.05) is 66.7 Å². The topological polar surface area (TPSA) is 265 Å². The summed E-state index contributed by atoms with van der Waals surface area (Å²) in [5, 5.41) is 26.3. The number of hydrogen-bond acceptors (Lipinski definition) is 15. The summed E-state index contributed by atoms with van der Waals surface area (Å²) < 4.78 is 39.3. The van der Waals surface area contributed by atoms with Crippen LogP contribution in [0.5, 0.6) is 0 Å². The molecule has 1 atom stereocenters. The molecule has 3 amide bonds. The molecule has 394 valence electrons. The lowest BCUT2D eigenvalue weighted by Crippen LogP contribution is -2.18. The number of rotatable bonds is 6. The van der Waals surface area contributed by atoms with Crippen molar-refractivity contribution < 1.29 is 42.6 Å². The van der Waals surface area contributed by atoms with Gasteiger partial charge in [0.2, 0.25) is 9.84 Å². The van der Waals surface area contributed by atoms with Crippen molar-refractivity contribution in [3.8, 4) is 0 Å². The van der Waals surface area contributed by atoms with E-state index < -0.39 is 38.4 Å². The molecule has 80 heavy (non-hydrogen) atoms. The van der Waals surface area contributed by atoms with Crippen LogP contribution < -0.4 is 21.3 Å². The van der Waals surface area contributed by atoms with Gasteiger partial charge in [-0.05, 0) is 84.8 Å². The van der Waals surface area contributed by atoms with Crippen molar-refractivity contribution in [2.75, 3.05) is 11.4 Å². The predicted molar refractivity (Wildman–Crippen MR) is 298 cm³/mol. The summed E-state index contributed by atoms with van der Waals surface area (Å²) in [6, 6.07) is 54.6. The van der Waals surface area contributed by atoms with Crippen LogP contribution in [-0.2, 0) is 27.1 Å². The molecule has 0 saturated carbocycles. The number of nitrogens with zero attached hydrogens (tertiary/aromatic N) is 6. The Hall–Kier alpha value is -9.96. The maximum Gasteiger partial charge on any atom is 0.274 e. The van der Waals surface area contributed by atoms with Gasteiger partial charge in [-0.25, -0.2) is 54.0 Å². The summed E-state index contributed by atoms with van der Waals surface area (Å²) in [4.78, 5) is 61.5. The molecule has 0 radical (unpaired) electrons. The van der Waals surface area contributed by atoms with Gasteiger partial charge < -0.3 is 4.90 Å². The minimum Gasteiger partial charge on any atom is -0.323 e. The third-order valence-corrected chi connectivity index (χ3v) is 16.8. The number of hydroxylamine groups is 3. The molecule has 0 bridgehead atoms. The van der Waals surface area contributed by atoms with E-state index in [1.165, 1.54) is 17.7 Å². The average molecular weight is 1100 g/mol. The van der Waals surface area contributed by atoms with E-state index in [2.05, 4.69) is 32.0 Å². The van der Waals surface area contributed by atoms with Gasteiger partial charge in [-0.3, -0.25) is 30.0 Å². The normalized spacial score (nSPS) is 14.6. The van der Waals surface area contributed by atoms with E-state index >= 15 is 0 Å². The van der Waals surface area contributed by atoms with Crippen LogP contribution in [0.25, 0.3) is 0 Å². The Morgan fingerprint density at radius 3 is 1.55 bits per heavy atom. The average Bonchev–Trinajstić information content (AvgIpc) is 3.79. The third-order valence-electron chi connectivity index (χ3n) is 13.4. The quantitative estimate of drug-likeness (QED) is 0.0672. The number of carbonyl (C=O) groups excluding carboxylic acids is 3. The standard InChI is InChI=1S/C20H15N5O2.C20H14N2O4S.C20H14N2O3S/c26-20(24-27)14-6-4-12(5-7-14)17-15-3-1-2-13-8-9-25(18(13)15)19-16(23-17)10-21-11-22-19;23-20(22-24)14-11-9-13(10-12-14)19-15-5-1-3-7-17(15)27(25,26)18-8-4-2-6-16(18)21-19;23-20(22-24)14-11-9-13(10-12-14)19-15-5-1-3-7-17(15)26(25)18-8-4-2-6-16(18)21-19/h1-7,10-11,27H,8-9H2,(H,24,26);1-12,24H,(H,22,23);1-12,24H,(H,22,23). The zero-order valence-electron chi connectivity index (χ0n) is 41.8. The summed E-state index contributed by atoms with van der Waals surface area (Å²) >= 11 is 0. The number of sulfone groups is 1. The Kier molecular flexibility index (Phi) is 14.4. The highest BCUT2D eigenvalue weighted by Crippen LogP contribution is 2.44. The van der Waals surface area contributed by atoms with Crippen molar-refractivity contribution in [2.24, 2.45) is 15.0 Å². The molecule has 5 heterocycles. The zero-order chi connectivity index (χ0) is 55.5. The van der Waals surface area contributed by atoms with Crippen LogP contribution in [0.1, 0.15) is 70.0 Å². The van der Waals surface area contributed by atoms with Crippen LogP contribution in [0.3, 0.4) is 0 Å². The fourth-order valence-electron chi connectivity index (χ4n) is 9.64. The summed E-state index contributed by atoms with van der Waals surface area (Å²) in [6.07, 6.45) is 4.22. The maximum atomic E-state index is 13.1. The second kappa shape index (κ2) is 22.2. The van der Waals surface area contributed by atoms with E-state index in [-0.39, 0.29) is 15.4 Å². The van der Waals surface area contributed by atoms with Gasteiger partial charge in [-0.1, -0.05) is 115 Å². The van der Waals surface area contributed by atoms with E-state index in [4.69, 9.17) is 25.6 Å². The second-order valence-electron chi connectivity index (χ2n) is 18.1. The molecule has 1 unspecified atom stereocenters. The Labute approximate surface area is 459 Å². The molecule has 0 spiro atoms. The van der Waals surface area contributed by atoms with Gasteiger partial charge in [-0.15, -0.1) is 0 Å². The molecule has 0 aliphatic carbocycles. The lowest BCUT2D eigenvalue weighted by atomic mass is 9.97. The van der Waals surface area contributed by atoms with Crippen LogP contribution in [0, 0.1) is 0 Å². The highest BCUT2D eigenvalue weighted by atomic mass is 32.2. The van der Waals surface area contributed by atoms with Crippen molar-refractivity contribution in [3.05, 3.63) is 256 Å². The molecule has 13 rings (SSSR count). The molecular weight excluding hydrogens is 1050 g/mol. The van der Waals surface area contributed by atoms with Crippen LogP contribution in [0.2, 0.25) is 0 Å². The third kappa shape index (κ3) is 9.87. The molecule has 8 aromatic carbocycles. The first kappa shape index (κ1) is 52.1. The van der Waals surface area contributed by atoms with Crippen molar-refractivity contribution in [1.82, 2.24) is 26.4 Å². The number of amides is 3. The minimum absolute atomic E-state index is 0.156. The molecule has 6 N–H and O–H groups in total. The Morgan fingerprint density at radius 1 is 0.487 bits per heavy atom. The molecular formula is C60H43N9O9S2. The molecule has 20 heteroatoms. The van der Waals surface area contributed by atoms with Crippen LogP contribution >= 0.6 is 0 Å². The molecule has 4 aliphatic rings. The lowest BCUT2D eigenvalue weighted by molar-refractivity contribution is 0.0702. The molecule has 9 aromatic rings. The Morgan fingerprint density at radius 2 is 0.950 bits per heavy atom. The summed E-state index contributed by atoms with van der Waals surface area (Å²) in [5.74, 6) is -0.943. The first-order valence-corrected chi connectivity index (χ1v) is 27.2. The van der Waals surface area contributed by atoms with E-state index in [1.54, 1.807) is 126 Å². The number of aliphatic imine (C=N–C) groups is 3. The number of aromatic nitrogens is 2. The second-order valence-corrected chi connectivity index (χ2v) is 21.4. The molecule has 1 aromatic heterocycles. The highest BCUT2D eigenvalue weighted by molar-refractivity contribution is 7.91. The van der Waals surface area contributed by atoms with Crippen LogP contribution in [0.15, 0.2) is 235 Å². The Balaban J connectivity index is 0.000000127. The zero-order valence-corrected chi connectivity index (χ0v) is 43.4. The molecule has 0 fully saturated rings. The number of nitrogens with one attached hydrogen (secondary N) is 3. The number of anilines is 2. The summed E-state index contributed by atoms with van der Waals surface area (Å²) in [5.41, 5.74) is 16.6. The molecule has 18 nitrogen and oxygen atoms in total. The highest BCUT2D eigenvalue weighted by Gasteiger charge is 2.32. The molecule has 0 saturated heterocycles. The minimum atomic E-state index is -3.72. The van der Waals surface area contributed by atoms with E-state index in [0.29, 0.717) is 60.5 Å². The van der Waals surface area contributed by atoms with E-state index in [9.17, 15) is 27.0 Å². The largest absolute Gasteiger partial charge is 0.323 e. The van der Waals surface area contributed by atoms with Gasteiger partial charge in [0.15, 0.2) is 5.82 Å². The van der Waals surface area contributed by atoms with Gasteiger partial charge in [0.05, 0.1) is 70.8 Å². The summed E-state index contributed by atoms with van der Waals surface area (Å²) in [6.45, 7) is 0.856. The van der Waals surface area contributed by atoms with Gasteiger partial charge in [0.25, 0.3) is 17.7 Å². The van der Waals surface area contributed by atoms with Gasteiger partial charge in [-0.2, -0.15) is 0 Å². The monoisotopic (exact) mass is 1100 g/mol. The van der Waals surface area contributed by atoms with Crippen molar-refractivity contribution in [1.29, 1.82) is 0 Å². The predicted octanol–water partition coefficient (Wildman–Crippen LogP) is 9.35. The number of fused-ring (bicyclic) bond motifs is 6. The number of para-hydroxylation sites is 3. The summed E-state index contributed by atoms with van der Waals surface area (Å²) in [7, 11) is -5.04. The van der Waals surface area contributed by atoms with Crippen molar-refractivity contribution in [3.63, 3.8) is 0 Å². The van der Waals surface area contributed by atoms with Gasteiger partial charge >= 0.3 is 0 Å². The number of hydrogen-bond donors (Lipinski definition) is 6. The maximum absolute atomic E-state index is 13.1. The number of benzene rings is 8. The fourth-order valence-corrected chi connectivity index (χ4v) is 12.5. The lowest BCUT2D eigenvalue weighted by Gasteiger charge is -2.19. The number of carbonyl (C=O) groups is 3. The smallest absolute Gasteiger partial charge is 0.274 e. The fraction of sp³-hybridized carbons (Fsp3) is 0.0333. The molecule has 4 aliphatic heterocycles. The van der Waals surface area contributed by atoms with Crippen molar-refractivity contribution in [2.45, 2.75) is 26.0 Å². The van der Waals surface area contributed by atoms with Crippen LogP contribution in [0.4, 0.5) is 28.6 Å². The first-order valence-electron chi connectivity index (χ1n) is 24.6. The van der Waals surface area contributed by atoms with E-state index in [0.717, 1.165) is 52.4 Å². The SMILES string of the molecule is O=C(NO)c1ccc(C2=Nc3ccccc3S(=O)(=O)c3ccccc32)cc1.O=C(NO)c1ccc(C2=Nc3ccccc3S(=O)c3ccccc32)cc1.O=C(NO)c1ccc(C2=Nc3cncnc3N3CCc4cccc2c43)cc1. The van der Waals surface area contributed by atoms with Crippen LogP contribution in [-0.4, -0.2) is 79.6 Å². The van der Waals surface area contributed by atoms with Crippen molar-refractivity contribution >= 4 is 84.1 Å². The first-order chi connectivity index (χ1) is 39.0.